The Morgan fingerprint density at radius 1 is 0.771 bits per heavy atom. The molecule has 1 atom stereocenters. The van der Waals surface area contributed by atoms with Gasteiger partial charge < -0.3 is 4.43 Å². The average molecular weight is 534 g/mol. The van der Waals surface area contributed by atoms with Crippen molar-refractivity contribution in [2.45, 2.75) is 102 Å². The molecule has 0 aromatic heterocycles. The van der Waals surface area contributed by atoms with Crippen LogP contribution >= 0.6 is 0 Å². The molecule has 1 fully saturated rings. The molecule has 0 N–H and O–H groups in total. The highest BCUT2D eigenvalue weighted by Crippen LogP contribution is 2.50. The van der Waals surface area contributed by atoms with Crippen molar-refractivity contribution in [2.24, 2.45) is 0 Å². The van der Waals surface area contributed by atoms with Crippen molar-refractivity contribution >= 4 is 27.2 Å². The van der Waals surface area contributed by atoms with Crippen molar-refractivity contribution in [1.82, 2.24) is 0 Å². The summed E-state index contributed by atoms with van der Waals surface area (Å²) >= 11 is 0. The van der Waals surface area contributed by atoms with Gasteiger partial charge >= 0.3 is 0 Å². The first kappa shape index (κ1) is 28.1. The van der Waals surface area contributed by atoms with Crippen LogP contribution in [-0.4, -0.2) is 16.4 Å². The molecule has 195 valence electrons. The lowest BCUT2D eigenvalue weighted by molar-refractivity contribution is 0.381. The molecule has 1 aliphatic rings. The highest BCUT2D eigenvalue weighted by molar-refractivity contribution is 6.96. The first-order valence-corrected chi connectivity index (χ1v) is 17.8. The minimum Gasteiger partial charge on any atom is -0.539 e. The number of rotatable bonds is 9. The molecule has 2 aromatic carbocycles. The Bertz CT molecular complexity index is 1060. The van der Waals surface area contributed by atoms with Gasteiger partial charge in [0.05, 0.1) is 24.9 Å². The van der Waals surface area contributed by atoms with E-state index in [1.165, 1.54) is 6.07 Å². The number of benzene rings is 2. The first-order valence-electron chi connectivity index (χ1n) is 12.7. The van der Waals surface area contributed by atoms with E-state index in [9.17, 15) is 13.2 Å². The van der Waals surface area contributed by atoms with Crippen LogP contribution in [0.25, 0.3) is 10.8 Å². The highest BCUT2D eigenvalue weighted by Gasteiger charge is 2.53. The summed E-state index contributed by atoms with van der Waals surface area (Å²) in [6.07, 6.45) is 4.79. The molecule has 0 saturated heterocycles. The molecule has 1 unspecified atom stereocenters. The molecule has 9 heteroatoms. The van der Waals surface area contributed by atoms with E-state index in [1.807, 2.05) is 13.8 Å². The summed E-state index contributed by atoms with van der Waals surface area (Å²) in [5, 5.41) is -2.56. The quantitative estimate of drug-likeness (QED) is 0.177. The van der Waals surface area contributed by atoms with Gasteiger partial charge in [-0.3, -0.25) is 0 Å². The van der Waals surface area contributed by atoms with Crippen LogP contribution in [0.1, 0.15) is 66.7 Å². The van der Waals surface area contributed by atoms with Crippen LogP contribution in [0.3, 0.4) is 0 Å². The zero-order chi connectivity index (χ0) is 26.1. The van der Waals surface area contributed by atoms with Gasteiger partial charge in [0.15, 0.2) is 29.0 Å². The van der Waals surface area contributed by atoms with E-state index in [1.54, 1.807) is 0 Å². The van der Waals surface area contributed by atoms with Crippen LogP contribution in [0.2, 0.25) is 34.9 Å². The van der Waals surface area contributed by atoms with E-state index in [4.69, 9.17) is 4.43 Å². The Kier molecular flexibility index (Phi) is 8.72. The minimum absolute atomic E-state index is 0.0407. The molecule has 1 nitrogen and oxygen atoms in total. The van der Waals surface area contributed by atoms with Crippen molar-refractivity contribution in [3.8, 4) is 5.75 Å². The lowest BCUT2D eigenvalue weighted by Gasteiger charge is -2.48. The fraction of sp³-hybridized carbons (Fsp3) is 0.615. The molecule has 0 amide bonds. The smallest absolute Gasteiger partial charge is 0.254 e. The molecular weight excluding hydrogens is 498 g/mol. The predicted octanol–water partition coefficient (Wildman–Crippen LogP) is 9.59. The van der Waals surface area contributed by atoms with Gasteiger partial charge in [0.2, 0.25) is 5.82 Å². The summed E-state index contributed by atoms with van der Waals surface area (Å²) in [6.45, 7) is 10.5. The monoisotopic (exact) mass is 533 g/mol. The van der Waals surface area contributed by atoms with Gasteiger partial charge in [0.1, 0.15) is 5.82 Å². The van der Waals surface area contributed by atoms with Crippen LogP contribution < -0.4 is 4.43 Å². The maximum Gasteiger partial charge on any atom is 0.254 e. The lowest BCUT2D eigenvalue weighted by Crippen LogP contribution is -2.56. The summed E-state index contributed by atoms with van der Waals surface area (Å²) in [7, 11) is -4.89. The third-order valence-electron chi connectivity index (χ3n) is 8.60. The van der Waals surface area contributed by atoms with Gasteiger partial charge in [-0.05, 0) is 29.6 Å². The molecule has 0 spiro atoms. The molecule has 1 radical (unpaired) electrons. The summed E-state index contributed by atoms with van der Waals surface area (Å²) < 4.78 is 95.0. The first-order chi connectivity index (χ1) is 16.5. The summed E-state index contributed by atoms with van der Waals surface area (Å²) in [6, 6.07) is 4.40. The van der Waals surface area contributed by atoms with Crippen molar-refractivity contribution in [3.63, 3.8) is 0 Å². The van der Waals surface area contributed by atoms with Crippen LogP contribution in [0.4, 0.5) is 26.3 Å². The molecule has 2 aromatic rings. The molecular formula is C26H35F6OSi2. The van der Waals surface area contributed by atoms with E-state index >= 15 is 13.2 Å². The Morgan fingerprint density at radius 2 is 1.34 bits per heavy atom. The zero-order valence-corrected chi connectivity index (χ0v) is 23.2. The Labute approximate surface area is 206 Å². The maximum absolute atomic E-state index is 15.7. The summed E-state index contributed by atoms with van der Waals surface area (Å²) in [5.74, 6) is -11.4. The number of halogens is 6. The van der Waals surface area contributed by atoms with Crippen LogP contribution in [0.15, 0.2) is 0 Å². The van der Waals surface area contributed by atoms with E-state index in [0.29, 0.717) is 0 Å². The SMILES string of the molecule is CC[Si](CC)(CC)C[Si](Oc1c(F)c(F)c2c(F)c(F)[c]c(F)c2c1F)(C(C)C)C1CCCCC1. The Balaban J connectivity index is 2.29. The zero-order valence-electron chi connectivity index (χ0n) is 21.2. The Morgan fingerprint density at radius 3 is 1.86 bits per heavy atom. The standard InChI is InChI=1S/C26H35F6OSi2/c1-6-34(7-2,8-3)15-35(16(4)5,17-12-10-9-11-13-17)33-26-24(31)20-18(27)14-19(28)22(29)21(20)23(30)25(26)32/h16-17H,6-13,15H2,1-5H3. The summed E-state index contributed by atoms with van der Waals surface area (Å²) in [4.78, 5) is 0. The largest absolute Gasteiger partial charge is 0.539 e. The molecule has 35 heavy (non-hydrogen) atoms. The van der Waals surface area contributed by atoms with E-state index in [0.717, 1.165) is 55.9 Å². The average Bonchev–Trinajstić information content (AvgIpc) is 2.85. The topological polar surface area (TPSA) is 9.23 Å². The predicted molar refractivity (Wildman–Crippen MR) is 133 cm³/mol. The van der Waals surface area contributed by atoms with Crippen molar-refractivity contribution in [2.75, 3.05) is 0 Å². The highest BCUT2D eigenvalue weighted by atomic mass is 28.4. The van der Waals surface area contributed by atoms with Gasteiger partial charge in [-0.25, -0.2) is 22.0 Å². The van der Waals surface area contributed by atoms with E-state index in [-0.39, 0.29) is 11.1 Å². The fourth-order valence-electron chi connectivity index (χ4n) is 6.01. The molecule has 0 aliphatic heterocycles. The van der Waals surface area contributed by atoms with Crippen molar-refractivity contribution < 1.29 is 30.8 Å². The Hall–Kier alpha value is -1.49. The van der Waals surface area contributed by atoms with Crippen molar-refractivity contribution in [3.05, 3.63) is 41.0 Å². The fourth-order valence-corrected chi connectivity index (χ4v) is 21.6. The molecule has 3 rings (SSSR count). The van der Waals surface area contributed by atoms with Gasteiger partial charge in [0.25, 0.3) is 8.32 Å². The maximum atomic E-state index is 15.7. The number of fused-ring (bicyclic) bond motifs is 1. The third-order valence-corrected chi connectivity index (χ3v) is 22.8. The lowest BCUT2D eigenvalue weighted by atomic mass is 10.0. The third kappa shape index (κ3) is 4.91. The van der Waals surface area contributed by atoms with Gasteiger partial charge in [-0.1, -0.05) is 72.0 Å². The van der Waals surface area contributed by atoms with Gasteiger partial charge in [-0.2, -0.15) is 4.39 Å². The number of hydrogen-bond donors (Lipinski definition) is 0. The molecule has 0 bridgehead atoms. The van der Waals surface area contributed by atoms with Crippen LogP contribution in [0.5, 0.6) is 5.75 Å². The molecule has 1 aliphatic carbocycles. The number of hydrogen-bond acceptors (Lipinski definition) is 1. The molecule has 1 saturated carbocycles. The van der Waals surface area contributed by atoms with Crippen LogP contribution in [0, 0.1) is 41.0 Å². The normalized spacial score (nSPS) is 17.3. The molecule has 0 heterocycles. The van der Waals surface area contributed by atoms with E-state index < -0.39 is 67.8 Å². The second-order valence-electron chi connectivity index (χ2n) is 10.4. The van der Waals surface area contributed by atoms with Gasteiger partial charge in [0, 0.05) is 0 Å². The van der Waals surface area contributed by atoms with Gasteiger partial charge in [-0.15, -0.1) is 0 Å². The van der Waals surface area contributed by atoms with Crippen molar-refractivity contribution in [1.29, 1.82) is 0 Å². The minimum atomic E-state index is -3.01. The summed E-state index contributed by atoms with van der Waals surface area (Å²) in [5.41, 5.74) is 0.837. The van der Waals surface area contributed by atoms with Crippen LogP contribution in [-0.2, 0) is 0 Å². The second kappa shape index (κ2) is 10.9. The second-order valence-corrected chi connectivity index (χ2v) is 21.0. The van der Waals surface area contributed by atoms with E-state index in [2.05, 4.69) is 20.8 Å².